The maximum Gasteiger partial charge on any atom is 0.241 e. The van der Waals surface area contributed by atoms with Gasteiger partial charge in [0.05, 0.1) is 0 Å². The fourth-order valence-corrected chi connectivity index (χ4v) is 4.25. The van der Waals surface area contributed by atoms with Crippen LogP contribution in [0.2, 0.25) is 0 Å². The molecule has 1 heterocycles. The lowest BCUT2D eigenvalue weighted by molar-refractivity contribution is -0.158. The van der Waals surface area contributed by atoms with Crippen molar-refractivity contribution in [1.29, 1.82) is 0 Å². The Hall–Kier alpha value is -1.84. The van der Waals surface area contributed by atoms with Crippen LogP contribution in [0.1, 0.15) is 69.8 Å². The van der Waals surface area contributed by atoms with Crippen molar-refractivity contribution >= 4 is 11.8 Å². The highest BCUT2D eigenvalue weighted by molar-refractivity contribution is 5.82. The lowest BCUT2D eigenvalue weighted by atomic mass is 9.87. The van der Waals surface area contributed by atoms with Crippen LogP contribution in [-0.4, -0.2) is 34.9 Å². The SMILES string of the molecule is O=C(CCCCc1ccccc1)N1CCCN1C(=O)CC1CCCCC1. The number of carbonyl (C=O) groups is 2. The second kappa shape index (κ2) is 9.75. The summed E-state index contributed by atoms with van der Waals surface area (Å²) < 4.78 is 0. The molecule has 1 aliphatic carbocycles. The summed E-state index contributed by atoms with van der Waals surface area (Å²) in [6.45, 7) is 1.41. The van der Waals surface area contributed by atoms with Crippen LogP contribution in [0.3, 0.4) is 0 Å². The Bertz CT molecular complexity index is 581. The van der Waals surface area contributed by atoms with Gasteiger partial charge < -0.3 is 0 Å². The van der Waals surface area contributed by atoms with Crippen molar-refractivity contribution in [3.05, 3.63) is 35.9 Å². The fraction of sp³-hybridized carbons (Fsp3) is 0.636. The van der Waals surface area contributed by atoms with E-state index in [2.05, 4.69) is 24.3 Å². The number of rotatable bonds is 7. The van der Waals surface area contributed by atoms with Crippen molar-refractivity contribution < 1.29 is 9.59 Å². The predicted molar refractivity (Wildman–Crippen MR) is 103 cm³/mol. The van der Waals surface area contributed by atoms with E-state index < -0.39 is 0 Å². The van der Waals surface area contributed by atoms with E-state index in [1.807, 2.05) is 6.07 Å². The zero-order valence-corrected chi connectivity index (χ0v) is 15.9. The highest BCUT2D eigenvalue weighted by Crippen LogP contribution is 2.28. The average Bonchev–Trinajstić information content (AvgIpc) is 3.17. The molecule has 2 amide bonds. The highest BCUT2D eigenvalue weighted by atomic mass is 16.2. The maximum absolute atomic E-state index is 12.7. The minimum Gasteiger partial charge on any atom is -0.273 e. The van der Waals surface area contributed by atoms with Gasteiger partial charge in [-0.1, -0.05) is 49.6 Å². The van der Waals surface area contributed by atoms with Gasteiger partial charge in [-0.05, 0) is 50.0 Å². The molecule has 1 saturated heterocycles. The van der Waals surface area contributed by atoms with Gasteiger partial charge in [-0.25, -0.2) is 0 Å². The number of carbonyl (C=O) groups excluding carboxylic acids is 2. The van der Waals surface area contributed by atoms with Crippen molar-refractivity contribution in [3.8, 4) is 0 Å². The van der Waals surface area contributed by atoms with Crippen LogP contribution >= 0.6 is 0 Å². The molecule has 2 aliphatic rings. The van der Waals surface area contributed by atoms with Crippen LogP contribution in [0.25, 0.3) is 0 Å². The first-order valence-electron chi connectivity index (χ1n) is 10.4. The molecule has 26 heavy (non-hydrogen) atoms. The van der Waals surface area contributed by atoms with Crippen molar-refractivity contribution in [2.24, 2.45) is 5.92 Å². The average molecular weight is 357 g/mol. The Kier molecular flexibility index (Phi) is 7.10. The second-order valence-electron chi connectivity index (χ2n) is 7.79. The molecule has 1 aromatic rings. The van der Waals surface area contributed by atoms with Gasteiger partial charge in [0.2, 0.25) is 11.8 Å². The van der Waals surface area contributed by atoms with Crippen molar-refractivity contribution in [1.82, 2.24) is 10.0 Å². The molecule has 0 spiro atoms. The highest BCUT2D eigenvalue weighted by Gasteiger charge is 2.31. The van der Waals surface area contributed by atoms with Gasteiger partial charge in [0, 0.05) is 25.9 Å². The minimum absolute atomic E-state index is 0.118. The first kappa shape index (κ1) is 18.9. The molecule has 0 atom stereocenters. The molecule has 4 nitrogen and oxygen atoms in total. The zero-order valence-electron chi connectivity index (χ0n) is 15.9. The van der Waals surface area contributed by atoms with Gasteiger partial charge in [0.25, 0.3) is 0 Å². The van der Waals surface area contributed by atoms with Crippen LogP contribution in [-0.2, 0) is 16.0 Å². The van der Waals surface area contributed by atoms with E-state index in [9.17, 15) is 9.59 Å². The van der Waals surface area contributed by atoms with Gasteiger partial charge in [-0.2, -0.15) is 0 Å². The number of hydrogen-bond acceptors (Lipinski definition) is 2. The lowest BCUT2D eigenvalue weighted by Gasteiger charge is -2.30. The van der Waals surface area contributed by atoms with Gasteiger partial charge in [-0.3, -0.25) is 19.6 Å². The summed E-state index contributed by atoms with van der Waals surface area (Å²) in [4.78, 5) is 25.3. The predicted octanol–water partition coefficient (Wildman–Crippen LogP) is 4.35. The first-order valence-corrected chi connectivity index (χ1v) is 10.4. The molecule has 142 valence electrons. The molecule has 4 heteroatoms. The minimum atomic E-state index is 0.118. The van der Waals surface area contributed by atoms with Crippen molar-refractivity contribution in [3.63, 3.8) is 0 Å². The smallest absolute Gasteiger partial charge is 0.241 e. The Balaban J connectivity index is 1.41. The van der Waals surface area contributed by atoms with Crippen molar-refractivity contribution in [2.45, 2.75) is 70.6 Å². The van der Waals surface area contributed by atoms with E-state index in [1.54, 1.807) is 10.0 Å². The molecule has 0 radical (unpaired) electrons. The lowest BCUT2D eigenvalue weighted by Crippen LogP contribution is -2.45. The molecular weight excluding hydrogens is 324 g/mol. The van der Waals surface area contributed by atoms with Gasteiger partial charge >= 0.3 is 0 Å². The van der Waals surface area contributed by atoms with Crippen LogP contribution in [0, 0.1) is 5.92 Å². The van der Waals surface area contributed by atoms with E-state index in [4.69, 9.17) is 0 Å². The number of aryl methyl sites for hydroxylation is 1. The van der Waals surface area contributed by atoms with Gasteiger partial charge in [0.1, 0.15) is 0 Å². The largest absolute Gasteiger partial charge is 0.273 e. The number of benzene rings is 1. The third-order valence-electron chi connectivity index (χ3n) is 5.74. The Labute approximate surface area is 157 Å². The summed E-state index contributed by atoms with van der Waals surface area (Å²) in [6.07, 6.45) is 11.1. The first-order chi connectivity index (χ1) is 12.7. The van der Waals surface area contributed by atoms with Gasteiger partial charge in [0.15, 0.2) is 0 Å². The Morgan fingerprint density at radius 2 is 1.54 bits per heavy atom. The van der Waals surface area contributed by atoms with Crippen LogP contribution in [0.15, 0.2) is 30.3 Å². The van der Waals surface area contributed by atoms with E-state index in [0.717, 1.165) is 25.7 Å². The topological polar surface area (TPSA) is 40.6 Å². The Morgan fingerprint density at radius 1 is 0.846 bits per heavy atom. The summed E-state index contributed by atoms with van der Waals surface area (Å²) in [6, 6.07) is 10.4. The Morgan fingerprint density at radius 3 is 2.27 bits per heavy atom. The van der Waals surface area contributed by atoms with Crippen LogP contribution in [0.4, 0.5) is 0 Å². The van der Waals surface area contributed by atoms with Crippen molar-refractivity contribution in [2.75, 3.05) is 13.1 Å². The van der Waals surface area contributed by atoms with E-state index >= 15 is 0 Å². The third kappa shape index (κ3) is 5.33. The molecule has 3 rings (SSSR count). The number of amides is 2. The summed E-state index contributed by atoms with van der Waals surface area (Å²) >= 11 is 0. The summed E-state index contributed by atoms with van der Waals surface area (Å²) in [5.74, 6) is 0.805. The molecule has 1 aliphatic heterocycles. The zero-order chi connectivity index (χ0) is 18.2. The summed E-state index contributed by atoms with van der Waals surface area (Å²) in [7, 11) is 0. The molecule has 2 fully saturated rings. The second-order valence-corrected chi connectivity index (χ2v) is 7.79. The molecule has 0 unspecified atom stereocenters. The van der Waals surface area contributed by atoms with E-state index in [0.29, 0.717) is 31.8 Å². The monoisotopic (exact) mass is 356 g/mol. The third-order valence-corrected chi connectivity index (χ3v) is 5.74. The number of hydrazine groups is 1. The summed E-state index contributed by atoms with van der Waals surface area (Å²) in [5.41, 5.74) is 1.32. The standard InChI is InChI=1S/C22H32N2O2/c25-21(15-8-7-12-19-10-3-1-4-11-19)23-16-9-17-24(23)22(26)18-20-13-5-2-6-14-20/h1,3-4,10-11,20H,2,5-9,12-18H2. The molecule has 0 N–H and O–H groups in total. The molecule has 1 saturated carbocycles. The van der Waals surface area contributed by atoms with Gasteiger partial charge in [-0.15, -0.1) is 0 Å². The molecular formula is C22H32N2O2. The summed E-state index contributed by atoms with van der Waals surface area (Å²) in [5, 5.41) is 3.47. The normalized spacial score (nSPS) is 18.3. The molecule has 0 aromatic heterocycles. The molecule has 0 bridgehead atoms. The number of nitrogens with zero attached hydrogens (tertiary/aromatic N) is 2. The van der Waals surface area contributed by atoms with Crippen LogP contribution < -0.4 is 0 Å². The number of unbranched alkanes of at least 4 members (excludes halogenated alkanes) is 1. The molecule has 1 aromatic carbocycles. The number of hydrogen-bond donors (Lipinski definition) is 0. The maximum atomic E-state index is 12.7. The fourth-order valence-electron chi connectivity index (χ4n) is 4.25. The quantitative estimate of drug-likeness (QED) is 0.682. The van der Waals surface area contributed by atoms with Crippen LogP contribution in [0.5, 0.6) is 0 Å². The van der Waals surface area contributed by atoms with E-state index in [-0.39, 0.29) is 11.8 Å². The van der Waals surface area contributed by atoms with E-state index in [1.165, 1.54) is 37.7 Å².